The third kappa shape index (κ3) is 4.66. The van der Waals surface area contributed by atoms with E-state index >= 15 is 0 Å². The van der Waals surface area contributed by atoms with E-state index in [1.807, 2.05) is 24.3 Å². The maximum atomic E-state index is 12.8. The molecule has 2 aromatic rings. The average Bonchev–Trinajstić information content (AvgIpc) is 2.68. The number of piperidine rings is 1. The van der Waals surface area contributed by atoms with E-state index in [-0.39, 0.29) is 23.4 Å². The van der Waals surface area contributed by atoms with Gasteiger partial charge in [0.1, 0.15) is 0 Å². The van der Waals surface area contributed by atoms with Crippen LogP contribution in [0.5, 0.6) is 0 Å². The number of nitrogens with zero attached hydrogens (tertiary/aromatic N) is 1. The highest BCUT2D eigenvalue weighted by atomic mass is 32.2. The van der Waals surface area contributed by atoms with Gasteiger partial charge < -0.3 is 10.2 Å². The number of quaternary nitrogens is 1. The number of carbonyl (C=O) groups excluding carboxylic acids is 1. The minimum Gasteiger partial charge on any atom is -0.352 e. The monoisotopic (exact) mass is 390 g/mol. The predicted molar refractivity (Wildman–Crippen MR) is 106 cm³/mol. The topological polar surface area (TPSA) is 70.9 Å². The molecular formula is C20H28N3O3S+. The molecule has 2 N–H and O–H groups in total. The minimum absolute atomic E-state index is 0.143. The van der Waals surface area contributed by atoms with Crippen LogP contribution in [-0.4, -0.2) is 57.9 Å². The van der Waals surface area contributed by atoms with Crippen molar-refractivity contribution in [3.05, 3.63) is 42.5 Å². The van der Waals surface area contributed by atoms with Gasteiger partial charge in [0.05, 0.1) is 31.1 Å². The van der Waals surface area contributed by atoms with Crippen LogP contribution in [0.2, 0.25) is 0 Å². The van der Waals surface area contributed by atoms with Crippen molar-refractivity contribution in [3.63, 3.8) is 0 Å². The molecule has 1 aliphatic heterocycles. The number of fused-ring (bicyclic) bond motifs is 1. The molecule has 1 heterocycles. The molecule has 6 nitrogen and oxygen atoms in total. The standard InChI is InChI=1S/C20H27N3O3S/c1-3-23-12-10-18(11-13-23)21-20(24)15-22(2)27(25,26)19-9-8-16-6-4-5-7-17(16)14-19/h4-9,14,18H,3,10-13,15H2,1-2H3,(H,21,24)/p+1. The molecule has 1 fully saturated rings. The minimum atomic E-state index is -3.71. The van der Waals surface area contributed by atoms with Crippen LogP contribution in [0.1, 0.15) is 19.8 Å². The fourth-order valence-electron chi connectivity index (χ4n) is 3.59. The summed E-state index contributed by atoms with van der Waals surface area (Å²) in [4.78, 5) is 14.1. The highest BCUT2D eigenvalue weighted by Gasteiger charge is 2.26. The summed E-state index contributed by atoms with van der Waals surface area (Å²) in [6, 6.07) is 12.8. The highest BCUT2D eigenvalue weighted by molar-refractivity contribution is 7.89. The smallest absolute Gasteiger partial charge is 0.243 e. The van der Waals surface area contributed by atoms with Crippen LogP contribution in [0.15, 0.2) is 47.4 Å². The van der Waals surface area contributed by atoms with Gasteiger partial charge in [0.15, 0.2) is 0 Å². The van der Waals surface area contributed by atoms with E-state index in [1.165, 1.54) is 7.05 Å². The van der Waals surface area contributed by atoms with Gasteiger partial charge in [-0.15, -0.1) is 0 Å². The molecule has 146 valence electrons. The van der Waals surface area contributed by atoms with Crippen molar-refractivity contribution in [2.24, 2.45) is 0 Å². The predicted octanol–water partition coefficient (Wildman–Crippen LogP) is 0.644. The van der Waals surface area contributed by atoms with Crippen LogP contribution in [0.4, 0.5) is 0 Å². The molecule has 2 aromatic carbocycles. The highest BCUT2D eigenvalue weighted by Crippen LogP contribution is 2.21. The van der Waals surface area contributed by atoms with Crippen LogP contribution in [0.3, 0.4) is 0 Å². The van der Waals surface area contributed by atoms with Gasteiger partial charge in [-0.25, -0.2) is 8.42 Å². The van der Waals surface area contributed by atoms with Gasteiger partial charge in [0, 0.05) is 25.9 Å². The zero-order valence-electron chi connectivity index (χ0n) is 15.9. The van der Waals surface area contributed by atoms with Gasteiger partial charge in [-0.1, -0.05) is 30.3 Å². The zero-order chi connectivity index (χ0) is 19.4. The van der Waals surface area contributed by atoms with Crippen molar-refractivity contribution < 1.29 is 18.1 Å². The van der Waals surface area contributed by atoms with Gasteiger partial charge in [-0.2, -0.15) is 4.31 Å². The number of likely N-dealkylation sites (N-methyl/N-ethyl adjacent to an activating group) is 1. The summed E-state index contributed by atoms with van der Waals surface area (Å²) in [5.41, 5.74) is 0. The molecule has 1 amide bonds. The van der Waals surface area contributed by atoms with Crippen molar-refractivity contribution in [3.8, 4) is 0 Å². The second-order valence-corrected chi connectivity index (χ2v) is 9.26. The maximum absolute atomic E-state index is 12.8. The lowest BCUT2D eigenvalue weighted by molar-refractivity contribution is -0.903. The second kappa shape index (κ2) is 8.37. The molecule has 0 aromatic heterocycles. The Morgan fingerprint density at radius 3 is 2.48 bits per heavy atom. The number of hydrogen-bond donors (Lipinski definition) is 2. The summed E-state index contributed by atoms with van der Waals surface area (Å²) in [6.07, 6.45) is 1.88. The summed E-state index contributed by atoms with van der Waals surface area (Å²) in [7, 11) is -2.26. The Morgan fingerprint density at radius 1 is 1.15 bits per heavy atom. The Labute approximate surface area is 161 Å². The number of benzene rings is 2. The van der Waals surface area contributed by atoms with Crippen LogP contribution in [0.25, 0.3) is 10.8 Å². The fraction of sp³-hybridized carbons (Fsp3) is 0.450. The number of amides is 1. The van der Waals surface area contributed by atoms with Crippen molar-refractivity contribution in [1.29, 1.82) is 0 Å². The number of hydrogen-bond acceptors (Lipinski definition) is 3. The quantitative estimate of drug-likeness (QED) is 0.761. The van der Waals surface area contributed by atoms with E-state index in [0.29, 0.717) is 0 Å². The maximum Gasteiger partial charge on any atom is 0.243 e. The summed E-state index contributed by atoms with van der Waals surface area (Å²) in [5.74, 6) is -0.244. The van der Waals surface area contributed by atoms with E-state index in [1.54, 1.807) is 23.1 Å². The van der Waals surface area contributed by atoms with Gasteiger partial charge in [0.25, 0.3) is 0 Å². The van der Waals surface area contributed by atoms with Crippen molar-refractivity contribution in [2.75, 3.05) is 33.2 Å². The molecular weight excluding hydrogens is 362 g/mol. The molecule has 1 saturated heterocycles. The molecule has 1 aliphatic rings. The summed E-state index contributed by atoms with van der Waals surface area (Å²) in [5, 5.41) is 4.84. The van der Waals surface area contributed by atoms with E-state index in [4.69, 9.17) is 0 Å². The number of sulfonamides is 1. The lowest BCUT2D eigenvalue weighted by Crippen LogP contribution is -3.13. The zero-order valence-corrected chi connectivity index (χ0v) is 16.8. The Bertz CT molecular complexity index is 906. The van der Waals surface area contributed by atoms with Crippen LogP contribution < -0.4 is 10.2 Å². The Hall–Kier alpha value is -1.96. The van der Waals surface area contributed by atoms with E-state index < -0.39 is 10.0 Å². The van der Waals surface area contributed by atoms with Crippen molar-refractivity contribution in [1.82, 2.24) is 9.62 Å². The molecule has 0 aliphatic carbocycles. The SMILES string of the molecule is CC[NH+]1CCC(NC(=O)CN(C)S(=O)(=O)c2ccc3ccccc3c2)CC1. The largest absolute Gasteiger partial charge is 0.352 e. The van der Waals surface area contributed by atoms with Gasteiger partial charge in [-0.05, 0) is 29.8 Å². The summed E-state index contributed by atoms with van der Waals surface area (Å²) < 4.78 is 26.8. The first-order valence-corrected chi connectivity index (χ1v) is 10.9. The molecule has 0 atom stereocenters. The summed E-state index contributed by atoms with van der Waals surface area (Å²) >= 11 is 0. The lowest BCUT2D eigenvalue weighted by atomic mass is 10.1. The Kier molecular flexibility index (Phi) is 6.14. The third-order valence-electron chi connectivity index (χ3n) is 5.35. The van der Waals surface area contributed by atoms with Crippen LogP contribution in [0, 0.1) is 0 Å². The van der Waals surface area contributed by atoms with E-state index in [9.17, 15) is 13.2 Å². The van der Waals surface area contributed by atoms with Gasteiger partial charge >= 0.3 is 0 Å². The van der Waals surface area contributed by atoms with Gasteiger partial charge in [0.2, 0.25) is 15.9 Å². The first-order valence-electron chi connectivity index (χ1n) is 9.48. The molecule has 0 saturated carbocycles. The molecule has 0 spiro atoms. The van der Waals surface area contributed by atoms with Crippen LogP contribution in [-0.2, 0) is 14.8 Å². The molecule has 7 heteroatoms. The van der Waals surface area contributed by atoms with Gasteiger partial charge in [-0.3, -0.25) is 4.79 Å². The number of likely N-dealkylation sites (tertiary alicyclic amines) is 1. The Balaban J connectivity index is 1.63. The Morgan fingerprint density at radius 2 is 1.81 bits per heavy atom. The molecule has 3 rings (SSSR count). The lowest BCUT2D eigenvalue weighted by Gasteiger charge is -2.29. The number of carbonyl (C=O) groups is 1. The second-order valence-electron chi connectivity index (χ2n) is 7.22. The molecule has 27 heavy (non-hydrogen) atoms. The fourth-order valence-corrected chi connectivity index (χ4v) is 4.76. The molecule has 0 radical (unpaired) electrons. The van der Waals surface area contributed by atoms with Crippen LogP contribution >= 0.6 is 0 Å². The normalized spacial score (nSPS) is 20.7. The number of rotatable bonds is 6. The molecule has 0 unspecified atom stereocenters. The first kappa shape index (κ1) is 19.8. The van der Waals surface area contributed by atoms with Crippen molar-refractivity contribution >= 4 is 26.7 Å². The number of nitrogens with one attached hydrogen (secondary N) is 2. The van der Waals surface area contributed by atoms with Crippen molar-refractivity contribution in [2.45, 2.75) is 30.7 Å². The van der Waals surface area contributed by atoms with E-state index in [2.05, 4.69) is 12.2 Å². The first-order chi connectivity index (χ1) is 12.9. The third-order valence-corrected chi connectivity index (χ3v) is 7.15. The average molecular weight is 391 g/mol. The molecule has 0 bridgehead atoms. The van der Waals surface area contributed by atoms with E-state index in [0.717, 1.165) is 47.6 Å². The summed E-state index contributed by atoms with van der Waals surface area (Å²) in [6.45, 7) is 5.20.